The molecule has 0 aliphatic heterocycles. The Morgan fingerprint density at radius 2 is 2.18 bits per heavy atom. The summed E-state index contributed by atoms with van der Waals surface area (Å²) in [6, 6.07) is 4.98. The molecule has 0 bridgehead atoms. The number of anilines is 1. The van der Waals surface area contributed by atoms with E-state index in [2.05, 4.69) is 4.98 Å². The summed E-state index contributed by atoms with van der Waals surface area (Å²) >= 11 is 2.86. The lowest BCUT2D eigenvalue weighted by Gasteiger charge is -2.07. The van der Waals surface area contributed by atoms with Gasteiger partial charge in [0.25, 0.3) is 0 Å². The van der Waals surface area contributed by atoms with Crippen LogP contribution in [0.5, 0.6) is 0 Å². The minimum Gasteiger partial charge on any atom is -0.397 e. The van der Waals surface area contributed by atoms with E-state index < -0.39 is 9.84 Å². The van der Waals surface area contributed by atoms with Gasteiger partial charge in [-0.2, -0.15) is 0 Å². The minimum atomic E-state index is -3.29. The largest absolute Gasteiger partial charge is 0.397 e. The second kappa shape index (κ2) is 4.67. The molecule has 7 heteroatoms. The zero-order valence-corrected chi connectivity index (χ0v) is 11.4. The molecule has 4 nitrogen and oxygen atoms in total. The van der Waals surface area contributed by atoms with Crippen molar-refractivity contribution in [3.8, 4) is 0 Å². The fourth-order valence-electron chi connectivity index (χ4n) is 1.29. The summed E-state index contributed by atoms with van der Waals surface area (Å²) in [6.07, 6.45) is 2.85. The van der Waals surface area contributed by atoms with Crippen molar-refractivity contribution < 1.29 is 8.42 Å². The van der Waals surface area contributed by atoms with Gasteiger partial charge in [-0.3, -0.25) is 0 Å². The SMILES string of the molecule is CS(=O)(=O)c1cccc(Sc2nccs2)c1N. The number of aromatic nitrogens is 1. The summed E-state index contributed by atoms with van der Waals surface area (Å²) in [6.45, 7) is 0. The molecule has 2 aromatic rings. The highest BCUT2D eigenvalue weighted by atomic mass is 32.2. The van der Waals surface area contributed by atoms with Crippen LogP contribution in [-0.4, -0.2) is 19.7 Å². The Hall–Kier alpha value is -1.05. The molecule has 0 saturated carbocycles. The Balaban J connectivity index is 2.43. The van der Waals surface area contributed by atoms with Crippen molar-refractivity contribution in [3.05, 3.63) is 29.8 Å². The summed E-state index contributed by atoms with van der Waals surface area (Å²) in [4.78, 5) is 5.00. The molecule has 0 fully saturated rings. The van der Waals surface area contributed by atoms with E-state index in [-0.39, 0.29) is 10.6 Å². The van der Waals surface area contributed by atoms with Crippen molar-refractivity contribution in [1.29, 1.82) is 0 Å². The fourth-order valence-corrected chi connectivity index (χ4v) is 3.85. The lowest BCUT2D eigenvalue weighted by molar-refractivity contribution is 0.602. The summed E-state index contributed by atoms with van der Waals surface area (Å²) < 4.78 is 23.8. The first-order chi connectivity index (χ1) is 7.98. The van der Waals surface area contributed by atoms with Gasteiger partial charge in [0.2, 0.25) is 0 Å². The Labute approximate surface area is 108 Å². The number of benzene rings is 1. The first-order valence-electron chi connectivity index (χ1n) is 4.64. The third-order valence-electron chi connectivity index (χ3n) is 2.03. The van der Waals surface area contributed by atoms with E-state index in [0.717, 1.165) is 10.6 Å². The molecule has 17 heavy (non-hydrogen) atoms. The lowest BCUT2D eigenvalue weighted by Crippen LogP contribution is -2.03. The van der Waals surface area contributed by atoms with E-state index in [4.69, 9.17) is 5.73 Å². The highest BCUT2D eigenvalue weighted by Crippen LogP contribution is 2.35. The van der Waals surface area contributed by atoms with Gasteiger partial charge < -0.3 is 5.73 Å². The average molecular weight is 286 g/mol. The Bertz CT molecular complexity index is 621. The van der Waals surface area contributed by atoms with E-state index in [1.807, 2.05) is 5.38 Å². The topological polar surface area (TPSA) is 73.0 Å². The van der Waals surface area contributed by atoms with Gasteiger partial charge in [0.1, 0.15) is 0 Å². The number of hydrogen-bond acceptors (Lipinski definition) is 6. The monoisotopic (exact) mass is 286 g/mol. The highest BCUT2D eigenvalue weighted by Gasteiger charge is 2.15. The standard InChI is InChI=1S/C10H10N2O2S3/c1-17(13,14)8-4-2-3-7(9(8)11)16-10-12-5-6-15-10/h2-6H,11H2,1H3. The first kappa shape index (κ1) is 12.4. The molecule has 0 radical (unpaired) electrons. The third kappa shape index (κ3) is 2.80. The van der Waals surface area contributed by atoms with Crippen molar-refractivity contribution in [2.45, 2.75) is 14.1 Å². The van der Waals surface area contributed by atoms with Crippen LogP contribution in [0, 0.1) is 0 Å². The number of nitrogens with two attached hydrogens (primary N) is 1. The lowest BCUT2D eigenvalue weighted by atomic mass is 10.3. The van der Waals surface area contributed by atoms with Gasteiger partial charge in [0.05, 0.1) is 10.6 Å². The molecule has 0 amide bonds. The smallest absolute Gasteiger partial charge is 0.177 e. The number of para-hydroxylation sites is 1. The summed E-state index contributed by atoms with van der Waals surface area (Å²) in [5.74, 6) is 0. The van der Waals surface area contributed by atoms with Crippen LogP contribution in [0.3, 0.4) is 0 Å². The molecule has 0 atom stereocenters. The molecule has 0 aliphatic carbocycles. The molecule has 1 heterocycles. The number of hydrogen-bond donors (Lipinski definition) is 1. The minimum absolute atomic E-state index is 0.166. The summed E-state index contributed by atoms with van der Waals surface area (Å²) in [5.41, 5.74) is 6.15. The molecule has 2 N–H and O–H groups in total. The number of rotatable bonds is 3. The van der Waals surface area contributed by atoms with E-state index in [1.54, 1.807) is 18.3 Å². The van der Waals surface area contributed by atoms with Gasteiger partial charge in [0.15, 0.2) is 14.2 Å². The van der Waals surface area contributed by atoms with E-state index in [0.29, 0.717) is 4.90 Å². The van der Waals surface area contributed by atoms with Crippen LogP contribution in [0.4, 0.5) is 5.69 Å². The van der Waals surface area contributed by atoms with Crippen molar-refractivity contribution in [2.75, 3.05) is 12.0 Å². The molecule has 0 unspecified atom stereocenters. The molecule has 0 saturated heterocycles. The van der Waals surface area contributed by atoms with E-state index in [9.17, 15) is 8.42 Å². The van der Waals surface area contributed by atoms with Gasteiger partial charge >= 0.3 is 0 Å². The molecule has 90 valence electrons. The molecular weight excluding hydrogens is 276 g/mol. The van der Waals surface area contributed by atoms with Crippen LogP contribution in [0.25, 0.3) is 0 Å². The van der Waals surface area contributed by atoms with Gasteiger partial charge in [-0.1, -0.05) is 17.8 Å². The Kier molecular flexibility index (Phi) is 3.41. The maximum atomic E-state index is 11.5. The van der Waals surface area contributed by atoms with Crippen LogP contribution in [-0.2, 0) is 9.84 Å². The van der Waals surface area contributed by atoms with Crippen LogP contribution in [0.15, 0.2) is 43.9 Å². The zero-order chi connectivity index (χ0) is 12.5. The molecular formula is C10H10N2O2S3. The summed E-state index contributed by atoms with van der Waals surface area (Å²) in [5, 5.41) is 1.86. The van der Waals surface area contributed by atoms with Crippen molar-refractivity contribution in [1.82, 2.24) is 4.98 Å². The summed E-state index contributed by atoms with van der Waals surface area (Å²) in [7, 11) is -3.29. The molecule has 0 aliphatic rings. The molecule has 0 spiro atoms. The predicted octanol–water partition coefficient (Wildman–Crippen LogP) is 2.28. The molecule has 1 aromatic carbocycles. The van der Waals surface area contributed by atoms with Crippen LogP contribution >= 0.6 is 23.1 Å². The average Bonchev–Trinajstić information content (AvgIpc) is 2.72. The van der Waals surface area contributed by atoms with E-state index in [1.165, 1.54) is 29.2 Å². The highest BCUT2D eigenvalue weighted by molar-refractivity contribution is 8.01. The van der Waals surface area contributed by atoms with Crippen molar-refractivity contribution in [3.63, 3.8) is 0 Å². The van der Waals surface area contributed by atoms with Gasteiger partial charge in [-0.05, 0) is 12.1 Å². The maximum absolute atomic E-state index is 11.5. The number of nitrogens with zero attached hydrogens (tertiary/aromatic N) is 1. The van der Waals surface area contributed by atoms with Crippen LogP contribution < -0.4 is 5.73 Å². The Morgan fingerprint density at radius 3 is 2.76 bits per heavy atom. The van der Waals surface area contributed by atoms with Crippen molar-refractivity contribution >= 4 is 38.6 Å². The second-order valence-electron chi connectivity index (χ2n) is 3.34. The Morgan fingerprint density at radius 1 is 1.41 bits per heavy atom. The second-order valence-corrected chi connectivity index (χ2v) is 7.51. The van der Waals surface area contributed by atoms with Crippen molar-refractivity contribution in [2.24, 2.45) is 0 Å². The van der Waals surface area contributed by atoms with Gasteiger partial charge in [-0.25, -0.2) is 13.4 Å². The predicted molar refractivity (Wildman–Crippen MR) is 70.2 cm³/mol. The maximum Gasteiger partial charge on any atom is 0.177 e. The molecule has 2 rings (SSSR count). The number of thiazole rings is 1. The van der Waals surface area contributed by atoms with E-state index >= 15 is 0 Å². The van der Waals surface area contributed by atoms with Gasteiger partial charge in [0, 0.05) is 22.7 Å². The van der Waals surface area contributed by atoms with Gasteiger partial charge in [-0.15, -0.1) is 11.3 Å². The fraction of sp³-hybridized carbons (Fsp3) is 0.100. The molecule has 1 aromatic heterocycles. The number of sulfone groups is 1. The van der Waals surface area contributed by atoms with Crippen LogP contribution in [0.2, 0.25) is 0 Å². The normalized spacial score (nSPS) is 11.6. The zero-order valence-electron chi connectivity index (χ0n) is 8.95. The number of nitrogen functional groups attached to an aromatic ring is 1. The van der Waals surface area contributed by atoms with Crippen LogP contribution in [0.1, 0.15) is 0 Å². The quantitative estimate of drug-likeness (QED) is 0.876. The first-order valence-corrected chi connectivity index (χ1v) is 8.23. The third-order valence-corrected chi connectivity index (χ3v) is 5.15.